The van der Waals surface area contributed by atoms with E-state index < -0.39 is 0 Å². The highest BCUT2D eigenvalue weighted by molar-refractivity contribution is 5.31. The summed E-state index contributed by atoms with van der Waals surface area (Å²) < 4.78 is 0. The molecule has 1 aromatic carbocycles. The number of hydrogen-bond donors (Lipinski definition) is 1. The van der Waals surface area contributed by atoms with Crippen molar-refractivity contribution >= 4 is 0 Å². The molecule has 1 saturated heterocycles. The maximum atomic E-state index is 9.66. The largest absolute Gasteiger partial charge is 0.508 e. The SMILES string of the molecule is CN1CCN(CCCc2ccccc2O)CC1. The minimum Gasteiger partial charge on any atom is -0.508 e. The molecule has 0 saturated carbocycles. The van der Waals surface area contributed by atoms with Gasteiger partial charge in [-0.15, -0.1) is 0 Å². The molecule has 0 amide bonds. The number of benzene rings is 1. The van der Waals surface area contributed by atoms with Gasteiger partial charge in [-0.05, 0) is 38.1 Å². The normalized spacial score (nSPS) is 18.4. The van der Waals surface area contributed by atoms with Gasteiger partial charge < -0.3 is 14.9 Å². The van der Waals surface area contributed by atoms with E-state index in [9.17, 15) is 5.11 Å². The van der Waals surface area contributed by atoms with Crippen molar-refractivity contribution in [2.24, 2.45) is 0 Å². The van der Waals surface area contributed by atoms with Gasteiger partial charge in [0.25, 0.3) is 0 Å². The fourth-order valence-corrected chi connectivity index (χ4v) is 2.29. The fourth-order valence-electron chi connectivity index (χ4n) is 2.29. The number of aryl methyl sites for hydroxylation is 1. The van der Waals surface area contributed by atoms with Gasteiger partial charge in [0.1, 0.15) is 5.75 Å². The second kappa shape index (κ2) is 6.03. The molecule has 3 nitrogen and oxygen atoms in total. The van der Waals surface area contributed by atoms with E-state index in [0.29, 0.717) is 5.75 Å². The van der Waals surface area contributed by atoms with Gasteiger partial charge in [0.15, 0.2) is 0 Å². The lowest BCUT2D eigenvalue weighted by molar-refractivity contribution is 0.153. The molecule has 3 heteroatoms. The molecule has 0 spiro atoms. The smallest absolute Gasteiger partial charge is 0.118 e. The van der Waals surface area contributed by atoms with Crippen molar-refractivity contribution in [3.05, 3.63) is 29.8 Å². The lowest BCUT2D eigenvalue weighted by atomic mass is 10.1. The molecule has 1 fully saturated rings. The Hall–Kier alpha value is -1.06. The van der Waals surface area contributed by atoms with E-state index >= 15 is 0 Å². The van der Waals surface area contributed by atoms with Gasteiger partial charge in [-0.25, -0.2) is 0 Å². The average molecular weight is 234 g/mol. The molecule has 0 atom stereocenters. The van der Waals surface area contributed by atoms with Gasteiger partial charge in [0.05, 0.1) is 0 Å². The maximum Gasteiger partial charge on any atom is 0.118 e. The Labute approximate surface area is 104 Å². The number of rotatable bonds is 4. The van der Waals surface area contributed by atoms with Crippen LogP contribution < -0.4 is 0 Å². The highest BCUT2D eigenvalue weighted by Crippen LogP contribution is 2.17. The first kappa shape index (κ1) is 12.4. The fraction of sp³-hybridized carbons (Fsp3) is 0.571. The molecular formula is C14H22N2O. The molecule has 0 aliphatic carbocycles. The maximum absolute atomic E-state index is 9.66. The lowest BCUT2D eigenvalue weighted by Gasteiger charge is -2.32. The van der Waals surface area contributed by atoms with Crippen LogP contribution >= 0.6 is 0 Å². The number of nitrogens with zero attached hydrogens (tertiary/aromatic N) is 2. The highest BCUT2D eigenvalue weighted by atomic mass is 16.3. The number of piperazine rings is 1. The van der Waals surface area contributed by atoms with Crippen LogP contribution in [0.1, 0.15) is 12.0 Å². The van der Waals surface area contributed by atoms with Crippen LogP contribution in [0.25, 0.3) is 0 Å². The summed E-state index contributed by atoms with van der Waals surface area (Å²) in [4.78, 5) is 4.89. The quantitative estimate of drug-likeness (QED) is 0.856. The molecule has 2 rings (SSSR count). The van der Waals surface area contributed by atoms with Crippen LogP contribution in [0.2, 0.25) is 0 Å². The molecule has 1 N–H and O–H groups in total. The summed E-state index contributed by atoms with van der Waals surface area (Å²) in [7, 11) is 2.18. The molecule has 0 radical (unpaired) electrons. The minimum atomic E-state index is 0.436. The van der Waals surface area contributed by atoms with Crippen molar-refractivity contribution in [3.63, 3.8) is 0 Å². The number of para-hydroxylation sites is 1. The zero-order valence-electron chi connectivity index (χ0n) is 10.6. The van der Waals surface area contributed by atoms with Crippen molar-refractivity contribution in [1.29, 1.82) is 0 Å². The third kappa shape index (κ3) is 3.72. The second-order valence-electron chi connectivity index (χ2n) is 4.88. The van der Waals surface area contributed by atoms with E-state index in [0.717, 1.165) is 24.9 Å². The van der Waals surface area contributed by atoms with E-state index in [-0.39, 0.29) is 0 Å². The number of phenols is 1. The van der Waals surface area contributed by atoms with Crippen molar-refractivity contribution in [3.8, 4) is 5.75 Å². The Bertz CT molecular complexity index is 346. The van der Waals surface area contributed by atoms with E-state index in [2.05, 4.69) is 16.8 Å². The minimum absolute atomic E-state index is 0.436. The molecule has 0 aromatic heterocycles. The van der Waals surface area contributed by atoms with Crippen LogP contribution in [0.5, 0.6) is 5.75 Å². The second-order valence-corrected chi connectivity index (χ2v) is 4.88. The molecule has 0 unspecified atom stereocenters. The Balaban J connectivity index is 1.71. The summed E-state index contributed by atoms with van der Waals surface area (Å²) >= 11 is 0. The van der Waals surface area contributed by atoms with Crippen LogP contribution in [0.4, 0.5) is 0 Å². The molecule has 1 aliphatic rings. The summed E-state index contributed by atoms with van der Waals surface area (Å²) in [5, 5.41) is 9.66. The van der Waals surface area contributed by atoms with Crippen molar-refractivity contribution in [2.75, 3.05) is 39.8 Å². The molecule has 0 bridgehead atoms. The Kier molecular flexibility index (Phi) is 4.40. The van der Waals surface area contributed by atoms with Crippen LogP contribution in [0.3, 0.4) is 0 Å². The van der Waals surface area contributed by atoms with Gasteiger partial charge in [-0.3, -0.25) is 0 Å². The van der Waals surface area contributed by atoms with Crippen LogP contribution in [-0.2, 0) is 6.42 Å². The predicted octanol–water partition coefficient (Wildman–Crippen LogP) is 1.57. The van der Waals surface area contributed by atoms with Gasteiger partial charge in [0.2, 0.25) is 0 Å². The average Bonchev–Trinajstić information content (AvgIpc) is 2.34. The Morgan fingerprint density at radius 2 is 1.82 bits per heavy atom. The number of phenolic OH excluding ortho intramolecular Hbond substituents is 1. The van der Waals surface area contributed by atoms with E-state index in [1.54, 1.807) is 6.07 Å². The van der Waals surface area contributed by atoms with E-state index in [1.165, 1.54) is 26.2 Å². The third-order valence-corrected chi connectivity index (χ3v) is 3.51. The molecule has 94 valence electrons. The topological polar surface area (TPSA) is 26.7 Å². The zero-order valence-corrected chi connectivity index (χ0v) is 10.6. The summed E-state index contributed by atoms with van der Waals surface area (Å²) in [5.41, 5.74) is 1.07. The molecule has 17 heavy (non-hydrogen) atoms. The first-order valence-corrected chi connectivity index (χ1v) is 6.43. The van der Waals surface area contributed by atoms with Crippen LogP contribution in [0.15, 0.2) is 24.3 Å². The van der Waals surface area contributed by atoms with Gasteiger partial charge >= 0.3 is 0 Å². The van der Waals surface area contributed by atoms with E-state index in [4.69, 9.17) is 0 Å². The zero-order chi connectivity index (χ0) is 12.1. The molecular weight excluding hydrogens is 212 g/mol. The number of likely N-dealkylation sites (N-methyl/N-ethyl adjacent to an activating group) is 1. The van der Waals surface area contributed by atoms with Crippen molar-refractivity contribution in [2.45, 2.75) is 12.8 Å². The molecule has 1 aliphatic heterocycles. The van der Waals surface area contributed by atoms with Gasteiger partial charge in [-0.2, -0.15) is 0 Å². The van der Waals surface area contributed by atoms with Crippen molar-refractivity contribution < 1.29 is 5.11 Å². The monoisotopic (exact) mass is 234 g/mol. The molecule has 1 aromatic rings. The summed E-state index contributed by atoms with van der Waals surface area (Å²) in [6, 6.07) is 7.65. The summed E-state index contributed by atoms with van der Waals surface area (Å²) in [6.45, 7) is 5.85. The van der Waals surface area contributed by atoms with Gasteiger partial charge in [0, 0.05) is 26.2 Å². The summed E-state index contributed by atoms with van der Waals surface area (Å²) in [6.07, 6.45) is 2.10. The standard InChI is InChI=1S/C14H22N2O/c1-15-9-11-16(12-10-15)8-4-6-13-5-2-3-7-14(13)17/h2-3,5,7,17H,4,6,8-12H2,1H3. The Morgan fingerprint density at radius 1 is 1.12 bits per heavy atom. The first-order valence-electron chi connectivity index (χ1n) is 6.43. The number of aromatic hydroxyl groups is 1. The first-order chi connectivity index (χ1) is 8.25. The van der Waals surface area contributed by atoms with E-state index in [1.807, 2.05) is 18.2 Å². The van der Waals surface area contributed by atoms with Gasteiger partial charge in [-0.1, -0.05) is 18.2 Å². The predicted molar refractivity (Wildman–Crippen MR) is 70.4 cm³/mol. The van der Waals surface area contributed by atoms with Crippen molar-refractivity contribution in [1.82, 2.24) is 9.80 Å². The lowest BCUT2D eigenvalue weighted by Crippen LogP contribution is -2.44. The third-order valence-electron chi connectivity index (χ3n) is 3.51. The summed E-state index contributed by atoms with van der Waals surface area (Å²) in [5.74, 6) is 0.436. The molecule has 1 heterocycles. The Morgan fingerprint density at radius 3 is 2.53 bits per heavy atom. The number of hydrogen-bond acceptors (Lipinski definition) is 3. The van der Waals surface area contributed by atoms with Crippen LogP contribution in [-0.4, -0.2) is 54.7 Å². The van der Waals surface area contributed by atoms with Crippen LogP contribution in [0, 0.1) is 0 Å². The highest BCUT2D eigenvalue weighted by Gasteiger charge is 2.12.